The van der Waals surface area contributed by atoms with Gasteiger partial charge in [-0.25, -0.2) is 4.68 Å². The number of nitrogens with one attached hydrogen (secondary N) is 1. The van der Waals surface area contributed by atoms with Crippen molar-refractivity contribution in [3.63, 3.8) is 0 Å². The topological polar surface area (TPSA) is 53.4 Å². The second kappa shape index (κ2) is 9.97. The molecule has 9 heteroatoms. The first-order valence-electron chi connectivity index (χ1n) is 12.4. The molecule has 0 spiro atoms. The van der Waals surface area contributed by atoms with E-state index >= 15 is 0 Å². The molecule has 2 aliphatic rings. The summed E-state index contributed by atoms with van der Waals surface area (Å²) in [5.74, 6) is -0.143. The van der Waals surface area contributed by atoms with Gasteiger partial charge in [-0.1, -0.05) is 61.5 Å². The van der Waals surface area contributed by atoms with E-state index in [1.54, 1.807) is 4.90 Å². The maximum atomic E-state index is 14.0. The lowest BCUT2D eigenvalue weighted by Gasteiger charge is -2.36. The van der Waals surface area contributed by atoms with Crippen molar-refractivity contribution in [2.45, 2.75) is 44.6 Å². The summed E-state index contributed by atoms with van der Waals surface area (Å²) in [5, 5.41) is 7.23. The number of anilines is 1. The number of alkyl halides is 3. The molecule has 3 heterocycles. The van der Waals surface area contributed by atoms with E-state index in [2.05, 4.69) is 27.4 Å². The van der Waals surface area contributed by atoms with Crippen LogP contribution in [-0.2, 0) is 13.0 Å². The van der Waals surface area contributed by atoms with E-state index in [0.717, 1.165) is 28.8 Å². The van der Waals surface area contributed by atoms with Crippen LogP contribution in [0.25, 0.3) is 0 Å². The van der Waals surface area contributed by atoms with E-state index in [1.165, 1.54) is 11.8 Å². The Morgan fingerprint density at radius 1 is 1.00 bits per heavy atom. The molecule has 1 N–H and O–H groups in total. The number of fused-ring (bicyclic) bond motifs is 1. The number of benzene rings is 2. The summed E-state index contributed by atoms with van der Waals surface area (Å²) in [7, 11) is 0. The second-order valence-corrected chi connectivity index (χ2v) is 9.49. The monoisotopic (exact) mass is 497 g/mol. The molecule has 1 fully saturated rings. The number of aryl methyl sites for hydroxylation is 1. The predicted octanol–water partition coefficient (Wildman–Crippen LogP) is 5.06. The van der Waals surface area contributed by atoms with E-state index in [0.29, 0.717) is 26.2 Å². The van der Waals surface area contributed by atoms with E-state index in [-0.39, 0.29) is 23.7 Å². The zero-order chi connectivity index (χ0) is 25.3. The molecule has 6 nitrogen and oxygen atoms in total. The van der Waals surface area contributed by atoms with E-state index in [1.807, 2.05) is 49.4 Å². The predicted molar refractivity (Wildman–Crippen MR) is 132 cm³/mol. The first-order chi connectivity index (χ1) is 17.3. The number of hydrogen-bond donors (Lipinski definition) is 1. The molecule has 2 aromatic carbocycles. The number of hydrogen-bond acceptors (Lipinski definition) is 4. The summed E-state index contributed by atoms with van der Waals surface area (Å²) in [6.07, 6.45) is -2.53. The number of rotatable bonds is 5. The number of nitrogens with zero attached hydrogens (tertiary/aromatic N) is 4. The molecule has 0 bridgehead atoms. The Kier molecular flexibility index (Phi) is 6.75. The normalized spacial score (nSPS) is 20.6. The van der Waals surface area contributed by atoms with Crippen molar-refractivity contribution in [2.75, 3.05) is 31.5 Å². The fourth-order valence-electron chi connectivity index (χ4n) is 5.04. The number of carbonyl (C=O) groups is 1. The van der Waals surface area contributed by atoms with Gasteiger partial charge in [0.05, 0.1) is 12.2 Å². The highest BCUT2D eigenvalue weighted by Crippen LogP contribution is 2.44. The second-order valence-electron chi connectivity index (χ2n) is 9.49. The minimum absolute atomic E-state index is 0.143. The van der Waals surface area contributed by atoms with Gasteiger partial charge in [0.15, 0.2) is 6.04 Å². The third-order valence-electron chi connectivity index (χ3n) is 7.17. The Balaban J connectivity index is 1.34. The van der Waals surface area contributed by atoms with Crippen LogP contribution >= 0.6 is 0 Å². The number of aromatic nitrogens is 2. The van der Waals surface area contributed by atoms with Crippen LogP contribution in [0, 0.1) is 0 Å². The van der Waals surface area contributed by atoms with Gasteiger partial charge in [-0.15, -0.1) is 0 Å². The van der Waals surface area contributed by atoms with Crippen LogP contribution in [0.3, 0.4) is 0 Å². The zero-order valence-corrected chi connectivity index (χ0v) is 20.2. The number of piperazine rings is 1. The summed E-state index contributed by atoms with van der Waals surface area (Å²) in [6.45, 7) is 5.27. The van der Waals surface area contributed by atoms with Gasteiger partial charge in [0.25, 0.3) is 5.91 Å². The first kappa shape index (κ1) is 24.4. The highest BCUT2D eigenvalue weighted by Gasteiger charge is 2.47. The molecule has 1 aromatic heterocycles. The Morgan fingerprint density at radius 3 is 2.33 bits per heavy atom. The van der Waals surface area contributed by atoms with Crippen molar-refractivity contribution in [3.8, 4) is 0 Å². The molecule has 1 saturated heterocycles. The van der Waals surface area contributed by atoms with Crippen LogP contribution < -0.4 is 5.32 Å². The Morgan fingerprint density at radius 2 is 1.69 bits per heavy atom. The molecule has 5 rings (SSSR count). The molecule has 190 valence electrons. The molecule has 0 radical (unpaired) electrons. The third-order valence-corrected chi connectivity index (χ3v) is 7.17. The van der Waals surface area contributed by atoms with E-state index in [9.17, 15) is 18.0 Å². The van der Waals surface area contributed by atoms with Crippen LogP contribution in [-0.4, -0.2) is 57.8 Å². The van der Waals surface area contributed by atoms with Crippen molar-refractivity contribution in [2.24, 2.45) is 0 Å². The van der Waals surface area contributed by atoms with Crippen molar-refractivity contribution >= 4 is 11.7 Å². The van der Waals surface area contributed by atoms with Gasteiger partial charge in [0.2, 0.25) is 0 Å². The number of amides is 1. The molecule has 2 aliphatic heterocycles. The highest BCUT2D eigenvalue weighted by atomic mass is 19.4. The van der Waals surface area contributed by atoms with Crippen molar-refractivity contribution in [1.29, 1.82) is 0 Å². The summed E-state index contributed by atoms with van der Waals surface area (Å²) in [5.41, 5.74) is 3.29. The zero-order valence-electron chi connectivity index (χ0n) is 20.2. The summed E-state index contributed by atoms with van der Waals surface area (Å²) in [6, 6.07) is 15.4. The lowest BCUT2D eigenvalue weighted by atomic mass is 9.95. The molecule has 0 unspecified atom stereocenters. The molecule has 1 amide bonds. The van der Waals surface area contributed by atoms with Gasteiger partial charge in [-0.2, -0.15) is 18.3 Å². The van der Waals surface area contributed by atoms with Gasteiger partial charge in [0.1, 0.15) is 11.4 Å². The van der Waals surface area contributed by atoms with Gasteiger partial charge in [-0.05, 0) is 23.1 Å². The van der Waals surface area contributed by atoms with Gasteiger partial charge >= 0.3 is 6.18 Å². The van der Waals surface area contributed by atoms with E-state index < -0.39 is 18.3 Å². The first-order valence-corrected chi connectivity index (χ1v) is 12.4. The number of halogens is 3. The minimum atomic E-state index is -4.48. The SMILES string of the molecule is CCc1ccc([C@@H]2C[C@H](C(F)(F)F)n3ncc(C(=O)N4CCN(Cc5ccccc5)CC4)c3N2)cc1. The molecule has 2 atom stereocenters. The van der Waals surface area contributed by atoms with Crippen LogP contribution in [0.15, 0.2) is 60.8 Å². The molecule has 0 aliphatic carbocycles. The van der Waals surface area contributed by atoms with Crippen LogP contribution in [0.5, 0.6) is 0 Å². The minimum Gasteiger partial charge on any atom is -0.363 e. The Labute approximate surface area is 208 Å². The third kappa shape index (κ3) is 4.97. The lowest BCUT2D eigenvalue weighted by molar-refractivity contribution is -0.173. The number of carbonyl (C=O) groups excluding carboxylic acids is 1. The molecule has 0 saturated carbocycles. The smallest absolute Gasteiger partial charge is 0.363 e. The van der Waals surface area contributed by atoms with Crippen molar-refractivity contribution in [3.05, 3.63) is 83.0 Å². The van der Waals surface area contributed by atoms with Crippen molar-refractivity contribution < 1.29 is 18.0 Å². The van der Waals surface area contributed by atoms with Crippen LogP contribution in [0.2, 0.25) is 0 Å². The maximum Gasteiger partial charge on any atom is 0.410 e. The fraction of sp³-hybridized carbons (Fsp3) is 0.407. The largest absolute Gasteiger partial charge is 0.410 e. The van der Waals surface area contributed by atoms with Crippen LogP contribution in [0.1, 0.15) is 52.5 Å². The summed E-state index contributed by atoms with van der Waals surface area (Å²) in [4.78, 5) is 17.4. The molecular weight excluding hydrogens is 467 g/mol. The summed E-state index contributed by atoms with van der Waals surface area (Å²) < 4.78 is 43.0. The maximum absolute atomic E-state index is 14.0. The van der Waals surface area contributed by atoms with Gasteiger partial charge in [0, 0.05) is 39.1 Å². The molecule has 36 heavy (non-hydrogen) atoms. The highest BCUT2D eigenvalue weighted by molar-refractivity contribution is 5.99. The van der Waals surface area contributed by atoms with Gasteiger partial charge in [-0.3, -0.25) is 9.69 Å². The van der Waals surface area contributed by atoms with Gasteiger partial charge < -0.3 is 10.2 Å². The molecular formula is C27H30F3N5O. The standard InChI is InChI=1S/C27H30F3N5O/c1-2-19-8-10-21(11-9-19)23-16-24(27(28,29)30)35-25(32-23)22(17-31-35)26(36)34-14-12-33(13-15-34)18-20-6-4-3-5-7-20/h3-11,17,23-24,32H,2,12-16,18H2,1H3/t23-,24+/m0/s1. The average molecular weight is 498 g/mol. The Hall–Kier alpha value is -3.33. The summed E-state index contributed by atoms with van der Waals surface area (Å²) >= 11 is 0. The quantitative estimate of drug-likeness (QED) is 0.535. The van der Waals surface area contributed by atoms with Crippen molar-refractivity contribution in [1.82, 2.24) is 19.6 Å². The lowest BCUT2D eigenvalue weighted by Crippen LogP contribution is -2.48. The average Bonchev–Trinajstić information content (AvgIpc) is 3.32. The van der Waals surface area contributed by atoms with Crippen LogP contribution in [0.4, 0.5) is 19.0 Å². The fourth-order valence-corrected chi connectivity index (χ4v) is 5.04. The van der Waals surface area contributed by atoms with E-state index in [4.69, 9.17) is 0 Å². The Bertz CT molecular complexity index is 1180. The molecule has 3 aromatic rings.